The Morgan fingerprint density at radius 1 is 1.19 bits per heavy atom. The number of anilines is 3. The summed E-state index contributed by atoms with van der Waals surface area (Å²) in [4.78, 5) is 4.01. The zero-order chi connectivity index (χ0) is 14.8. The molecule has 3 aromatic rings. The molecule has 0 bridgehead atoms. The maximum Gasteiger partial charge on any atom is 0.313 e. The lowest BCUT2D eigenvalue weighted by Gasteiger charge is -2.10. The number of hydrogen-bond donors (Lipinski definition) is 2. The van der Waals surface area contributed by atoms with Crippen LogP contribution >= 0.6 is 15.9 Å². The first-order chi connectivity index (χ1) is 10.1. The van der Waals surface area contributed by atoms with Gasteiger partial charge in [-0.05, 0) is 24.3 Å². The van der Waals surface area contributed by atoms with Crippen LogP contribution in [0.15, 0.2) is 45.5 Å². The Bertz CT molecular complexity index is 792. The number of nitrogens with zero attached hydrogens (tertiary/aromatic N) is 3. The molecular weight excluding hydrogens is 341 g/mol. The fourth-order valence-corrected chi connectivity index (χ4v) is 2.09. The van der Waals surface area contributed by atoms with Crippen LogP contribution in [-0.4, -0.2) is 15.2 Å². The lowest BCUT2D eigenvalue weighted by molar-refractivity contribution is 0.590. The summed E-state index contributed by atoms with van der Waals surface area (Å²) in [7, 11) is 0. The van der Waals surface area contributed by atoms with E-state index in [9.17, 15) is 4.39 Å². The molecule has 0 spiro atoms. The predicted molar refractivity (Wildman–Crippen MR) is 79.3 cm³/mol. The van der Waals surface area contributed by atoms with E-state index in [1.807, 2.05) is 0 Å². The van der Waals surface area contributed by atoms with Gasteiger partial charge in [0.25, 0.3) is 5.89 Å². The molecule has 2 aromatic heterocycles. The Hall–Kier alpha value is -2.48. The summed E-state index contributed by atoms with van der Waals surface area (Å²) in [6.07, 6.45) is 3.11. The molecule has 6 nitrogen and oxygen atoms in total. The summed E-state index contributed by atoms with van der Waals surface area (Å²) in [6.45, 7) is 0. The molecule has 0 radical (unpaired) electrons. The van der Waals surface area contributed by atoms with E-state index in [0.717, 1.165) is 0 Å². The van der Waals surface area contributed by atoms with Gasteiger partial charge in [0.05, 0.1) is 23.1 Å². The molecule has 21 heavy (non-hydrogen) atoms. The van der Waals surface area contributed by atoms with E-state index < -0.39 is 5.82 Å². The summed E-state index contributed by atoms with van der Waals surface area (Å²) in [5, 5.41) is 10.4. The van der Waals surface area contributed by atoms with E-state index in [0.29, 0.717) is 21.4 Å². The van der Waals surface area contributed by atoms with Gasteiger partial charge >= 0.3 is 6.01 Å². The number of benzene rings is 1. The maximum atomic E-state index is 13.9. The minimum absolute atomic E-state index is 0.0393. The van der Waals surface area contributed by atoms with Crippen LogP contribution in [0.5, 0.6) is 0 Å². The van der Waals surface area contributed by atoms with Gasteiger partial charge in [-0.2, -0.15) is 0 Å². The van der Waals surface area contributed by atoms with Gasteiger partial charge in [-0.25, -0.2) is 4.39 Å². The van der Waals surface area contributed by atoms with Crippen molar-refractivity contribution in [3.8, 4) is 11.5 Å². The number of nitrogens with one attached hydrogen (secondary N) is 1. The second kappa shape index (κ2) is 5.49. The van der Waals surface area contributed by atoms with Gasteiger partial charge in [-0.3, -0.25) is 4.98 Å². The summed E-state index contributed by atoms with van der Waals surface area (Å²) in [5.74, 6) is -0.167. The van der Waals surface area contributed by atoms with Gasteiger partial charge in [0.2, 0.25) is 0 Å². The molecule has 0 aliphatic heterocycles. The van der Waals surface area contributed by atoms with Gasteiger partial charge in [-0.1, -0.05) is 21.0 Å². The molecule has 0 aliphatic carbocycles. The van der Waals surface area contributed by atoms with Crippen LogP contribution in [0, 0.1) is 5.82 Å². The van der Waals surface area contributed by atoms with Crippen molar-refractivity contribution >= 4 is 33.3 Å². The molecule has 0 amide bonds. The van der Waals surface area contributed by atoms with Crippen LogP contribution in [0.25, 0.3) is 11.5 Å². The van der Waals surface area contributed by atoms with Gasteiger partial charge in [0.15, 0.2) is 0 Å². The van der Waals surface area contributed by atoms with Crippen molar-refractivity contribution in [1.29, 1.82) is 0 Å². The molecule has 0 atom stereocenters. The van der Waals surface area contributed by atoms with E-state index in [4.69, 9.17) is 10.2 Å². The molecule has 0 unspecified atom stereocenters. The fourth-order valence-electron chi connectivity index (χ4n) is 1.76. The molecule has 0 fully saturated rings. The molecule has 8 heteroatoms. The molecule has 0 saturated heterocycles. The summed E-state index contributed by atoms with van der Waals surface area (Å²) in [5.41, 5.74) is 6.83. The third-order valence-corrected chi connectivity index (χ3v) is 3.19. The van der Waals surface area contributed by atoms with Crippen LogP contribution in [0.4, 0.5) is 21.8 Å². The molecular formula is C13H9BrFN5O. The number of hydrogen-bond acceptors (Lipinski definition) is 6. The van der Waals surface area contributed by atoms with E-state index in [-0.39, 0.29) is 11.9 Å². The van der Waals surface area contributed by atoms with E-state index in [2.05, 4.69) is 36.4 Å². The van der Waals surface area contributed by atoms with Crippen molar-refractivity contribution in [2.45, 2.75) is 0 Å². The zero-order valence-electron chi connectivity index (χ0n) is 10.5. The highest BCUT2D eigenvalue weighted by Gasteiger charge is 2.13. The van der Waals surface area contributed by atoms with Crippen molar-refractivity contribution in [3.05, 3.63) is 46.9 Å². The minimum Gasteiger partial charge on any atom is -0.403 e. The number of halogens is 2. The molecule has 0 aliphatic rings. The average Bonchev–Trinajstić information content (AvgIpc) is 2.89. The topological polar surface area (TPSA) is 89.9 Å². The van der Waals surface area contributed by atoms with Crippen molar-refractivity contribution in [1.82, 2.24) is 15.2 Å². The Kier molecular flexibility index (Phi) is 3.53. The number of nitrogens with two attached hydrogens (primary N) is 1. The van der Waals surface area contributed by atoms with Crippen molar-refractivity contribution < 1.29 is 8.81 Å². The first kappa shape index (κ1) is 13.5. The van der Waals surface area contributed by atoms with E-state index >= 15 is 0 Å². The summed E-state index contributed by atoms with van der Waals surface area (Å²) in [6, 6.07) is 6.34. The lowest BCUT2D eigenvalue weighted by Crippen LogP contribution is -1.97. The highest BCUT2D eigenvalue weighted by atomic mass is 79.9. The molecule has 1 aromatic carbocycles. The molecule has 106 valence electrons. The molecule has 0 saturated carbocycles. The van der Waals surface area contributed by atoms with E-state index in [1.54, 1.807) is 24.4 Å². The third-order valence-electron chi connectivity index (χ3n) is 2.69. The van der Waals surface area contributed by atoms with Crippen LogP contribution in [-0.2, 0) is 0 Å². The predicted octanol–water partition coefficient (Wildman–Crippen LogP) is 3.36. The lowest BCUT2D eigenvalue weighted by atomic mass is 10.2. The van der Waals surface area contributed by atoms with Gasteiger partial charge in [0.1, 0.15) is 5.82 Å². The standard InChI is InChI=1S/C13H9BrFN5O/c14-7-1-2-10(9(15)5-7)18-11-6-17-4-3-8(11)12-19-20-13(16)21-12/h1-6,18H,(H2,16,20). The quantitative estimate of drug-likeness (QED) is 0.753. The zero-order valence-corrected chi connectivity index (χ0v) is 12.1. The maximum absolute atomic E-state index is 13.9. The minimum atomic E-state index is -0.399. The number of aromatic nitrogens is 3. The Labute approximate surface area is 127 Å². The number of nitrogen functional groups attached to an aromatic ring is 1. The van der Waals surface area contributed by atoms with Crippen molar-refractivity contribution in [2.24, 2.45) is 0 Å². The third kappa shape index (κ3) is 2.84. The SMILES string of the molecule is Nc1nnc(-c2ccncc2Nc2ccc(Br)cc2F)o1. The molecule has 3 N–H and O–H groups in total. The van der Waals surface area contributed by atoms with Crippen LogP contribution in [0.1, 0.15) is 0 Å². The van der Waals surface area contributed by atoms with Crippen molar-refractivity contribution in [2.75, 3.05) is 11.1 Å². The van der Waals surface area contributed by atoms with Crippen LogP contribution in [0.3, 0.4) is 0 Å². The van der Waals surface area contributed by atoms with Gasteiger partial charge in [0, 0.05) is 10.7 Å². The summed E-state index contributed by atoms with van der Waals surface area (Å²) < 4.78 is 19.7. The highest BCUT2D eigenvalue weighted by molar-refractivity contribution is 9.10. The number of pyridine rings is 1. The first-order valence-electron chi connectivity index (χ1n) is 5.89. The summed E-state index contributed by atoms with van der Waals surface area (Å²) >= 11 is 3.21. The Balaban J connectivity index is 1.99. The van der Waals surface area contributed by atoms with Crippen LogP contribution < -0.4 is 11.1 Å². The molecule has 2 heterocycles. The Morgan fingerprint density at radius 2 is 2.05 bits per heavy atom. The second-order valence-corrected chi connectivity index (χ2v) is 5.03. The first-order valence-corrected chi connectivity index (χ1v) is 6.68. The van der Waals surface area contributed by atoms with E-state index in [1.165, 1.54) is 12.3 Å². The normalized spacial score (nSPS) is 10.6. The smallest absolute Gasteiger partial charge is 0.313 e. The largest absolute Gasteiger partial charge is 0.403 e. The van der Waals surface area contributed by atoms with Gasteiger partial charge < -0.3 is 15.5 Å². The van der Waals surface area contributed by atoms with Gasteiger partial charge in [-0.15, -0.1) is 5.10 Å². The second-order valence-electron chi connectivity index (χ2n) is 4.12. The fraction of sp³-hybridized carbons (Fsp3) is 0. The number of rotatable bonds is 3. The average molecular weight is 350 g/mol. The molecule has 3 rings (SSSR count). The van der Waals surface area contributed by atoms with Crippen molar-refractivity contribution in [3.63, 3.8) is 0 Å². The highest BCUT2D eigenvalue weighted by Crippen LogP contribution is 2.30. The monoisotopic (exact) mass is 349 g/mol. The Morgan fingerprint density at radius 3 is 2.76 bits per heavy atom. The van der Waals surface area contributed by atoms with Crippen LogP contribution in [0.2, 0.25) is 0 Å².